The summed E-state index contributed by atoms with van der Waals surface area (Å²) in [6.45, 7) is 11.1. The van der Waals surface area contributed by atoms with E-state index in [9.17, 15) is 8.78 Å². The zero-order valence-electron chi connectivity index (χ0n) is 16.0. The fourth-order valence-corrected chi connectivity index (χ4v) is 4.89. The molecule has 0 aliphatic rings. The largest absolute Gasteiger partial charge is 0.362 e. The van der Waals surface area contributed by atoms with Crippen LogP contribution in [0.1, 0.15) is 25.0 Å². The van der Waals surface area contributed by atoms with Gasteiger partial charge in [-0.3, -0.25) is 0 Å². The van der Waals surface area contributed by atoms with Gasteiger partial charge in [0.15, 0.2) is 0 Å². The van der Waals surface area contributed by atoms with E-state index in [2.05, 4.69) is 23.3 Å². The number of rotatable bonds is 9. The number of hydrogen-bond donors (Lipinski definition) is 0. The van der Waals surface area contributed by atoms with Crippen LogP contribution >= 0.6 is 33.8 Å². The Bertz CT molecular complexity index is 712. The molecule has 0 aromatic heterocycles. The van der Waals surface area contributed by atoms with Crippen molar-refractivity contribution in [3.63, 3.8) is 0 Å². The molecule has 0 aliphatic heterocycles. The minimum Gasteiger partial charge on any atom is -0.362 e. The van der Waals surface area contributed by atoms with E-state index in [4.69, 9.17) is 12.2 Å². The van der Waals surface area contributed by atoms with Gasteiger partial charge in [-0.2, -0.15) is 0 Å². The van der Waals surface area contributed by atoms with Crippen LogP contribution < -0.4 is 0 Å². The minimum absolute atomic E-state index is 0.235. The number of hydrogen-bond acceptors (Lipinski definition) is 4. The molecule has 0 saturated carbocycles. The SMILES string of the molecule is C=C(SSC(=S)N(CC)Cc1ccc(F)cc1)N(CC)Cc1ccc(F)cc1. The lowest BCUT2D eigenvalue weighted by atomic mass is 10.2. The van der Waals surface area contributed by atoms with Gasteiger partial charge in [0.05, 0.1) is 5.03 Å². The average molecular weight is 439 g/mol. The standard InChI is InChI=1S/C21H24F2N2S3/c1-4-24(14-17-6-10-19(22)11-7-17)16(3)27-28-21(26)25(5-2)15-18-8-12-20(23)13-9-18/h6-13H,3-5,14-15H2,1-2H3. The van der Waals surface area contributed by atoms with Crippen molar-refractivity contribution in [2.45, 2.75) is 26.9 Å². The van der Waals surface area contributed by atoms with E-state index >= 15 is 0 Å². The Morgan fingerprint density at radius 1 is 0.821 bits per heavy atom. The van der Waals surface area contributed by atoms with Crippen molar-refractivity contribution in [3.8, 4) is 0 Å². The van der Waals surface area contributed by atoms with E-state index in [1.807, 2.05) is 6.92 Å². The molecule has 0 radical (unpaired) electrons. The van der Waals surface area contributed by atoms with Crippen molar-refractivity contribution in [3.05, 3.63) is 82.9 Å². The second kappa shape index (κ2) is 11.4. The Kier molecular flexibility index (Phi) is 9.28. The molecule has 0 amide bonds. The molecule has 2 aromatic carbocycles. The Morgan fingerprint density at radius 3 is 1.68 bits per heavy atom. The van der Waals surface area contributed by atoms with Crippen LogP contribution in [0.25, 0.3) is 0 Å². The first kappa shape index (κ1) is 22.7. The summed E-state index contributed by atoms with van der Waals surface area (Å²) in [6, 6.07) is 13.0. The predicted molar refractivity (Wildman–Crippen MR) is 122 cm³/mol. The maximum Gasteiger partial charge on any atom is 0.147 e. The molecule has 7 heteroatoms. The van der Waals surface area contributed by atoms with Gasteiger partial charge in [-0.1, -0.05) is 43.1 Å². The van der Waals surface area contributed by atoms with Crippen molar-refractivity contribution in [2.75, 3.05) is 13.1 Å². The van der Waals surface area contributed by atoms with Crippen LogP contribution in [0.5, 0.6) is 0 Å². The van der Waals surface area contributed by atoms with Crippen molar-refractivity contribution in [1.82, 2.24) is 9.80 Å². The number of nitrogens with zero attached hydrogens (tertiary/aromatic N) is 2. The third kappa shape index (κ3) is 7.11. The van der Waals surface area contributed by atoms with Gasteiger partial charge in [0.1, 0.15) is 16.0 Å². The molecule has 150 valence electrons. The first-order valence-corrected chi connectivity index (χ1v) is 11.5. The van der Waals surface area contributed by atoms with Gasteiger partial charge >= 0.3 is 0 Å². The van der Waals surface area contributed by atoms with Gasteiger partial charge in [-0.05, 0) is 70.8 Å². The summed E-state index contributed by atoms with van der Waals surface area (Å²) in [5, 5.41) is 0.900. The zero-order chi connectivity index (χ0) is 20.5. The topological polar surface area (TPSA) is 6.48 Å². The minimum atomic E-state index is -0.239. The molecule has 2 aromatic rings. The molecule has 28 heavy (non-hydrogen) atoms. The summed E-state index contributed by atoms with van der Waals surface area (Å²) in [4.78, 5) is 4.20. The smallest absolute Gasteiger partial charge is 0.147 e. The Hall–Kier alpha value is -1.57. The quantitative estimate of drug-likeness (QED) is 0.327. The van der Waals surface area contributed by atoms with Crippen LogP contribution in [0, 0.1) is 11.6 Å². The fraction of sp³-hybridized carbons (Fsp3) is 0.286. The van der Waals surface area contributed by atoms with Crippen LogP contribution in [0.15, 0.2) is 60.1 Å². The van der Waals surface area contributed by atoms with Gasteiger partial charge in [-0.25, -0.2) is 8.78 Å². The molecule has 0 unspecified atom stereocenters. The first-order valence-electron chi connectivity index (χ1n) is 8.99. The van der Waals surface area contributed by atoms with Crippen molar-refractivity contribution >= 4 is 38.1 Å². The average Bonchev–Trinajstić information content (AvgIpc) is 2.70. The van der Waals surface area contributed by atoms with Gasteiger partial charge < -0.3 is 9.80 Å². The molecule has 0 aliphatic carbocycles. The second-order valence-electron chi connectivity index (χ2n) is 6.11. The molecular formula is C21H24F2N2S3. The van der Waals surface area contributed by atoms with Crippen LogP contribution in [0.3, 0.4) is 0 Å². The summed E-state index contributed by atoms with van der Waals surface area (Å²) >= 11 is 5.58. The van der Waals surface area contributed by atoms with E-state index in [1.165, 1.54) is 45.9 Å². The molecule has 0 N–H and O–H groups in total. The van der Waals surface area contributed by atoms with E-state index < -0.39 is 0 Å². The van der Waals surface area contributed by atoms with E-state index in [-0.39, 0.29) is 11.6 Å². The molecule has 0 spiro atoms. The second-order valence-corrected chi connectivity index (χ2v) is 8.94. The molecule has 0 atom stereocenters. The highest BCUT2D eigenvalue weighted by molar-refractivity contribution is 8.84. The van der Waals surface area contributed by atoms with Crippen LogP contribution in [0.2, 0.25) is 0 Å². The highest BCUT2D eigenvalue weighted by Gasteiger charge is 2.13. The van der Waals surface area contributed by atoms with Crippen molar-refractivity contribution in [2.24, 2.45) is 0 Å². The summed E-state index contributed by atoms with van der Waals surface area (Å²) in [6.07, 6.45) is 0. The third-order valence-electron chi connectivity index (χ3n) is 4.16. The Balaban J connectivity index is 1.88. The number of halogens is 2. The van der Waals surface area contributed by atoms with Gasteiger partial charge in [0, 0.05) is 26.2 Å². The highest BCUT2D eigenvalue weighted by Crippen LogP contribution is 2.34. The van der Waals surface area contributed by atoms with E-state index in [1.54, 1.807) is 24.3 Å². The highest BCUT2D eigenvalue weighted by atomic mass is 33.1. The summed E-state index contributed by atoms with van der Waals surface area (Å²) in [5.41, 5.74) is 2.05. The van der Waals surface area contributed by atoms with E-state index in [0.717, 1.165) is 33.6 Å². The normalized spacial score (nSPS) is 10.6. The van der Waals surface area contributed by atoms with Crippen molar-refractivity contribution < 1.29 is 8.78 Å². The van der Waals surface area contributed by atoms with Gasteiger partial charge in [0.2, 0.25) is 0 Å². The maximum atomic E-state index is 13.1. The zero-order valence-corrected chi connectivity index (χ0v) is 18.5. The lowest BCUT2D eigenvalue weighted by Crippen LogP contribution is -2.26. The van der Waals surface area contributed by atoms with E-state index in [0.29, 0.717) is 13.1 Å². The Labute approximate surface area is 179 Å². The van der Waals surface area contributed by atoms with Crippen LogP contribution in [-0.2, 0) is 13.1 Å². The van der Waals surface area contributed by atoms with Crippen molar-refractivity contribution in [1.29, 1.82) is 0 Å². The van der Waals surface area contributed by atoms with Crippen LogP contribution in [0.4, 0.5) is 8.78 Å². The van der Waals surface area contributed by atoms with Gasteiger partial charge in [-0.15, -0.1) is 0 Å². The molecule has 2 nitrogen and oxygen atoms in total. The predicted octanol–water partition coefficient (Wildman–Crippen LogP) is 6.45. The third-order valence-corrected chi connectivity index (χ3v) is 7.22. The molecule has 2 rings (SSSR count). The molecule has 0 saturated heterocycles. The summed E-state index contributed by atoms with van der Waals surface area (Å²) < 4.78 is 26.9. The summed E-state index contributed by atoms with van der Waals surface area (Å²) in [5.74, 6) is -0.474. The molecule has 0 heterocycles. The first-order chi connectivity index (χ1) is 13.4. The number of thiocarbonyl (C=S) groups is 1. The maximum absolute atomic E-state index is 13.1. The molecule has 0 bridgehead atoms. The lowest BCUT2D eigenvalue weighted by molar-refractivity contribution is 0.382. The summed E-state index contributed by atoms with van der Waals surface area (Å²) in [7, 11) is 3.02. The molecular weight excluding hydrogens is 414 g/mol. The fourth-order valence-electron chi connectivity index (χ4n) is 2.49. The Morgan fingerprint density at radius 2 is 1.25 bits per heavy atom. The monoisotopic (exact) mass is 438 g/mol. The number of benzene rings is 2. The lowest BCUT2D eigenvalue weighted by Gasteiger charge is -2.26. The van der Waals surface area contributed by atoms with Gasteiger partial charge in [0.25, 0.3) is 0 Å². The van der Waals surface area contributed by atoms with Crippen LogP contribution in [-0.4, -0.2) is 27.2 Å². The molecule has 0 fully saturated rings.